The lowest BCUT2D eigenvalue weighted by atomic mass is 9.99. The fraction of sp³-hybridized carbons (Fsp3) is 0.345. The van der Waals surface area contributed by atoms with Gasteiger partial charge >= 0.3 is 11.7 Å². The van der Waals surface area contributed by atoms with Crippen LogP contribution < -0.4 is 10.9 Å². The Bertz CT molecular complexity index is 1380. The van der Waals surface area contributed by atoms with Gasteiger partial charge in [0.25, 0.3) is 0 Å². The molecule has 0 radical (unpaired) electrons. The van der Waals surface area contributed by atoms with E-state index in [1.54, 1.807) is 19.1 Å². The number of aromatic hydroxyl groups is 1. The van der Waals surface area contributed by atoms with E-state index in [1.807, 2.05) is 25.1 Å². The Labute approximate surface area is 215 Å². The number of fused-ring (bicyclic) bond motifs is 1. The molecule has 0 aliphatic carbocycles. The molecule has 3 rings (SSSR count). The van der Waals surface area contributed by atoms with Crippen LogP contribution in [0.4, 0.5) is 4.79 Å². The number of ether oxygens (including phenoxy) is 1. The number of rotatable bonds is 11. The van der Waals surface area contributed by atoms with Crippen LogP contribution in [-0.2, 0) is 11.2 Å². The maximum Gasteiger partial charge on any atom is 0.410 e. The Balaban J connectivity index is 1.72. The zero-order chi connectivity index (χ0) is 26.9. The second kappa shape index (κ2) is 12.8. The molecule has 1 unspecified atom stereocenters. The van der Waals surface area contributed by atoms with E-state index >= 15 is 0 Å². The third-order valence-electron chi connectivity index (χ3n) is 6.07. The summed E-state index contributed by atoms with van der Waals surface area (Å²) in [5.41, 5.74) is 0.863. The molecular weight excluding hydrogens is 474 g/mol. The summed E-state index contributed by atoms with van der Waals surface area (Å²) >= 11 is 0. The van der Waals surface area contributed by atoms with E-state index in [0.717, 1.165) is 24.6 Å². The van der Waals surface area contributed by atoms with Gasteiger partial charge in [0, 0.05) is 29.1 Å². The van der Waals surface area contributed by atoms with Crippen molar-refractivity contribution < 1.29 is 28.3 Å². The van der Waals surface area contributed by atoms with E-state index in [-0.39, 0.29) is 17.3 Å². The van der Waals surface area contributed by atoms with Gasteiger partial charge in [0.2, 0.25) is 0 Å². The second-order valence-electron chi connectivity index (χ2n) is 8.99. The van der Waals surface area contributed by atoms with E-state index in [4.69, 9.17) is 8.83 Å². The van der Waals surface area contributed by atoms with Crippen LogP contribution in [-0.4, -0.2) is 24.1 Å². The molecule has 1 amide bonds. The molecule has 0 aliphatic heterocycles. The number of alkyl carbamates (subject to hydrolysis) is 1. The number of amides is 1. The number of nitrogens with one attached hydrogen (secondary N) is 1. The third kappa shape index (κ3) is 7.22. The number of allylic oxidation sites excluding steroid dienone is 2. The predicted octanol–water partition coefficient (Wildman–Crippen LogP) is 6.47. The average Bonchev–Trinajstić information content (AvgIpc) is 3.27. The third-order valence-corrected chi connectivity index (χ3v) is 6.07. The van der Waals surface area contributed by atoms with Crippen molar-refractivity contribution in [1.29, 1.82) is 0 Å². The van der Waals surface area contributed by atoms with Gasteiger partial charge in [-0.15, -0.1) is 0 Å². The van der Waals surface area contributed by atoms with Gasteiger partial charge < -0.3 is 18.7 Å². The Morgan fingerprint density at radius 1 is 1.19 bits per heavy atom. The van der Waals surface area contributed by atoms with Crippen molar-refractivity contribution in [2.75, 3.05) is 7.11 Å². The van der Waals surface area contributed by atoms with Crippen LogP contribution in [0.1, 0.15) is 79.8 Å². The van der Waals surface area contributed by atoms with Crippen LogP contribution in [0.15, 0.2) is 61.8 Å². The summed E-state index contributed by atoms with van der Waals surface area (Å²) in [6.45, 7) is 5.55. The minimum absolute atomic E-state index is 0.208. The fourth-order valence-corrected chi connectivity index (χ4v) is 3.91. The van der Waals surface area contributed by atoms with E-state index in [2.05, 4.69) is 23.0 Å². The summed E-state index contributed by atoms with van der Waals surface area (Å²) in [6, 6.07) is 9.19. The number of carbonyl (C=O) groups is 2. The standard InChI is InChI=1S/C29H33NO7/c1-5-6-10-20-11-12-24-21(15-20)16-22(36-24)14-19(3)27(32)26-23(31)17-25(37-28(26)33)18(2)9-7-8-13-30-29(34)35-4/h8,11-18,31H,5-7,9-10H2,1-4H3,(H,30,34)/b13-8+,19-14+. The van der Waals surface area contributed by atoms with Crippen LogP contribution in [0.3, 0.4) is 0 Å². The Hall–Kier alpha value is -4.07. The summed E-state index contributed by atoms with van der Waals surface area (Å²) in [4.78, 5) is 36.7. The van der Waals surface area contributed by atoms with Crippen LogP contribution in [0.2, 0.25) is 0 Å². The number of benzene rings is 1. The second-order valence-corrected chi connectivity index (χ2v) is 8.99. The van der Waals surface area contributed by atoms with Gasteiger partial charge in [-0.2, -0.15) is 0 Å². The monoisotopic (exact) mass is 507 g/mol. The first-order chi connectivity index (χ1) is 17.7. The molecule has 0 aliphatic rings. The Morgan fingerprint density at radius 2 is 1.97 bits per heavy atom. The van der Waals surface area contributed by atoms with Crippen molar-refractivity contribution in [3.63, 3.8) is 0 Å². The van der Waals surface area contributed by atoms with Crippen LogP contribution in [0.25, 0.3) is 17.0 Å². The first kappa shape index (κ1) is 27.5. The summed E-state index contributed by atoms with van der Waals surface area (Å²) in [5.74, 6) is -0.515. The number of unbranched alkanes of at least 4 members (excludes halogenated alkanes) is 1. The highest BCUT2D eigenvalue weighted by atomic mass is 16.5. The lowest BCUT2D eigenvalue weighted by Crippen LogP contribution is -2.16. The first-order valence-corrected chi connectivity index (χ1v) is 12.4. The summed E-state index contributed by atoms with van der Waals surface area (Å²) < 4.78 is 15.7. The van der Waals surface area contributed by atoms with Crippen molar-refractivity contribution in [3.05, 3.63) is 81.2 Å². The fourth-order valence-electron chi connectivity index (χ4n) is 3.91. The molecule has 1 atom stereocenters. The molecule has 0 spiro atoms. The van der Waals surface area contributed by atoms with Gasteiger partial charge in [0.05, 0.1) is 7.11 Å². The molecule has 0 saturated heterocycles. The molecule has 3 aromatic rings. The summed E-state index contributed by atoms with van der Waals surface area (Å²) in [7, 11) is 1.27. The number of hydrogen-bond acceptors (Lipinski definition) is 7. The smallest absolute Gasteiger partial charge is 0.410 e. The van der Waals surface area contributed by atoms with Crippen LogP contribution in [0, 0.1) is 0 Å². The SMILES string of the molecule is CCCCc1ccc2oc(/C=C(\C)C(=O)c3c(O)cc(C(C)CC/C=C/NC(=O)OC)oc3=O)cc2c1. The largest absolute Gasteiger partial charge is 0.507 e. The molecule has 2 N–H and O–H groups in total. The zero-order valence-electron chi connectivity index (χ0n) is 21.6. The maximum atomic E-state index is 13.0. The van der Waals surface area contributed by atoms with Gasteiger partial charge in [-0.1, -0.05) is 32.4 Å². The summed E-state index contributed by atoms with van der Waals surface area (Å²) in [6.07, 6.45) is 8.58. The molecule has 0 bridgehead atoms. The average molecular weight is 508 g/mol. The minimum Gasteiger partial charge on any atom is -0.507 e. The molecule has 37 heavy (non-hydrogen) atoms. The molecule has 2 heterocycles. The zero-order valence-corrected chi connectivity index (χ0v) is 21.6. The van der Waals surface area contributed by atoms with E-state index in [9.17, 15) is 19.5 Å². The molecule has 1 aromatic carbocycles. The normalized spacial score (nSPS) is 12.7. The van der Waals surface area contributed by atoms with Gasteiger partial charge in [-0.05, 0) is 62.4 Å². The lowest BCUT2D eigenvalue weighted by Gasteiger charge is -2.11. The summed E-state index contributed by atoms with van der Waals surface area (Å²) in [5, 5.41) is 13.9. The molecule has 196 valence electrons. The molecular formula is C29H33NO7. The van der Waals surface area contributed by atoms with E-state index in [0.29, 0.717) is 24.2 Å². The van der Waals surface area contributed by atoms with Crippen molar-refractivity contribution in [2.45, 2.75) is 58.8 Å². The number of hydrogen-bond donors (Lipinski definition) is 2. The van der Waals surface area contributed by atoms with Crippen molar-refractivity contribution in [3.8, 4) is 5.75 Å². The molecule has 0 saturated carbocycles. The van der Waals surface area contributed by atoms with Crippen molar-refractivity contribution in [1.82, 2.24) is 5.32 Å². The van der Waals surface area contributed by atoms with Crippen LogP contribution in [0.5, 0.6) is 5.75 Å². The predicted molar refractivity (Wildman–Crippen MR) is 142 cm³/mol. The van der Waals surface area contributed by atoms with E-state index < -0.39 is 28.8 Å². The number of methoxy groups -OCH3 is 1. The maximum absolute atomic E-state index is 13.0. The number of aryl methyl sites for hydroxylation is 1. The Kier molecular flexibility index (Phi) is 9.49. The van der Waals surface area contributed by atoms with Crippen molar-refractivity contribution >= 4 is 28.9 Å². The number of ketones is 1. The first-order valence-electron chi connectivity index (χ1n) is 12.4. The van der Waals surface area contributed by atoms with Gasteiger partial charge in [-0.3, -0.25) is 10.1 Å². The molecule has 8 heteroatoms. The van der Waals surface area contributed by atoms with E-state index in [1.165, 1.54) is 24.9 Å². The topological polar surface area (TPSA) is 119 Å². The van der Waals surface area contributed by atoms with Crippen LogP contribution >= 0.6 is 0 Å². The highest BCUT2D eigenvalue weighted by molar-refractivity contribution is 6.12. The van der Waals surface area contributed by atoms with Gasteiger partial charge in [0.15, 0.2) is 5.78 Å². The molecule has 8 nitrogen and oxygen atoms in total. The number of carbonyl (C=O) groups excluding carboxylic acids is 2. The molecule has 0 fully saturated rings. The Morgan fingerprint density at radius 3 is 2.68 bits per heavy atom. The lowest BCUT2D eigenvalue weighted by molar-refractivity contribution is 0.102. The minimum atomic E-state index is -0.896. The van der Waals surface area contributed by atoms with Gasteiger partial charge in [-0.25, -0.2) is 9.59 Å². The molecule has 2 aromatic heterocycles. The van der Waals surface area contributed by atoms with Gasteiger partial charge in [0.1, 0.15) is 28.4 Å². The highest BCUT2D eigenvalue weighted by Crippen LogP contribution is 2.27. The highest BCUT2D eigenvalue weighted by Gasteiger charge is 2.22. The number of Topliss-reactive ketones (excluding diaryl/α,β-unsaturated/α-hetero) is 1. The number of furan rings is 1. The van der Waals surface area contributed by atoms with Crippen molar-refractivity contribution in [2.24, 2.45) is 0 Å². The quantitative estimate of drug-likeness (QED) is 0.225.